The molecule has 0 saturated heterocycles. The van der Waals surface area contributed by atoms with E-state index in [4.69, 9.17) is 9.84 Å². The van der Waals surface area contributed by atoms with E-state index in [0.29, 0.717) is 17.0 Å². The number of benzene rings is 1. The maximum absolute atomic E-state index is 11.2. The Kier molecular flexibility index (Phi) is 2.82. The third-order valence-corrected chi connectivity index (χ3v) is 2.45. The smallest absolute Gasteiger partial charge is 0.336 e. The van der Waals surface area contributed by atoms with Crippen molar-refractivity contribution in [3.63, 3.8) is 0 Å². The molecule has 2 rings (SSSR count). The number of methoxy groups -OCH3 is 1. The maximum atomic E-state index is 11.2. The summed E-state index contributed by atoms with van der Waals surface area (Å²) in [5, 5.41) is 13.4. The predicted molar refractivity (Wildman–Crippen MR) is 62.2 cm³/mol. The minimum Gasteiger partial charge on any atom is -0.497 e. The van der Waals surface area contributed by atoms with Crippen LogP contribution in [0, 0.1) is 0 Å². The second kappa shape index (κ2) is 4.29. The number of aromatic nitrogens is 2. The van der Waals surface area contributed by atoms with Gasteiger partial charge in [-0.1, -0.05) is 0 Å². The van der Waals surface area contributed by atoms with Crippen LogP contribution in [-0.2, 0) is 7.05 Å². The standard InChI is InChI=1S/C12H12N2O3/c1-14-6-5-11(13-14)9-4-3-8(17-2)7-10(9)12(15)16/h3-7H,1-2H3,(H,15,16). The summed E-state index contributed by atoms with van der Waals surface area (Å²) < 4.78 is 6.64. The molecule has 0 spiro atoms. The van der Waals surface area contributed by atoms with Crippen molar-refractivity contribution in [3.8, 4) is 17.0 Å². The lowest BCUT2D eigenvalue weighted by Gasteiger charge is -2.06. The zero-order chi connectivity index (χ0) is 12.4. The van der Waals surface area contributed by atoms with Gasteiger partial charge in [0, 0.05) is 18.8 Å². The SMILES string of the molecule is COc1ccc(-c2ccn(C)n2)c(C(=O)O)c1. The van der Waals surface area contributed by atoms with Crippen LogP contribution >= 0.6 is 0 Å². The van der Waals surface area contributed by atoms with Gasteiger partial charge in [0.1, 0.15) is 5.75 Å². The highest BCUT2D eigenvalue weighted by molar-refractivity contribution is 5.95. The van der Waals surface area contributed by atoms with E-state index in [1.165, 1.54) is 13.2 Å². The molecule has 0 amide bonds. The normalized spacial score (nSPS) is 10.2. The number of hydrogen-bond acceptors (Lipinski definition) is 3. The maximum Gasteiger partial charge on any atom is 0.336 e. The van der Waals surface area contributed by atoms with E-state index in [1.807, 2.05) is 0 Å². The largest absolute Gasteiger partial charge is 0.497 e. The van der Waals surface area contributed by atoms with Gasteiger partial charge in [-0.05, 0) is 24.3 Å². The molecule has 0 atom stereocenters. The first-order valence-electron chi connectivity index (χ1n) is 5.03. The van der Waals surface area contributed by atoms with Gasteiger partial charge in [0.15, 0.2) is 0 Å². The molecule has 1 N–H and O–H groups in total. The van der Waals surface area contributed by atoms with Crippen molar-refractivity contribution in [1.29, 1.82) is 0 Å². The molecule has 0 fully saturated rings. The van der Waals surface area contributed by atoms with E-state index in [0.717, 1.165) is 0 Å². The molecule has 1 heterocycles. The van der Waals surface area contributed by atoms with Crippen molar-refractivity contribution in [2.75, 3.05) is 7.11 Å². The summed E-state index contributed by atoms with van der Waals surface area (Å²) in [6.45, 7) is 0. The summed E-state index contributed by atoms with van der Waals surface area (Å²) in [6.07, 6.45) is 1.77. The minimum absolute atomic E-state index is 0.183. The molecule has 88 valence electrons. The van der Waals surface area contributed by atoms with E-state index in [9.17, 15) is 4.79 Å². The third-order valence-electron chi connectivity index (χ3n) is 2.45. The van der Waals surface area contributed by atoms with Crippen molar-refractivity contribution >= 4 is 5.97 Å². The molecule has 17 heavy (non-hydrogen) atoms. The topological polar surface area (TPSA) is 64.4 Å². The highest BCUT2D eigenvalue weighted by atomic mass is 16.5. The summed E-state index contributed by atoms with van der Waals surface area (Å²) in [5.74, 6) is -0.480. The van der Waals surface area contributed by atoms with Crippen LogP contribution in [0.25, 0.3) is 11.3 Å². The van der Waals surface area contributed by atoms with Gasteiger partial charge in [-0.2, -0.15) is 5.10 Å². The molecule has 1 aromatic heterocycles. The van der Waals surface area contributed by atoms with Gasteiger partial charge in [-0.25, -0.2) is 4.79 Å². The van der Waals surface area contributed by atoms with Crippen LogP contribution in [0.2, 0.25) is 0 Å². The fraction of sp³-hybridized carbons (Fsp3) is 0.167. The molecular formula is C12H12N2O3. The second-order valence-electron chi connectivity index (χ2n) is 3.59. The Morgan fingerprint density at radius 2 is 2.18 bits per heavy atom. The molecule has 0 saturated carbocycles. The van der Waals surface area contributed by atoms with Crippen LogP contribution in [0.4, 0.5) is 0 Å². The molecule has 5 nitrogen and oxygen atoms in total. The van der Waals surface area contributed by atoms with Gasteiger partial charge in [0.2, 0.25) is 0 Å². The lowest BCUT2D eigenvalue weighted by molar-refractivity contribution is 0.0697. The highest BCUT2D eigenvalue weighted by Gasteiger charge is 2.14. The number of rotatable bonds is 3. The monoisotopic (exact) mass is 232 g/mol. The predicted octanol–water partition coefficient (Wildman–Crippen LogP) is 1.79. The molecule has 0 bridgehead atoms. The zero-order valence-corrected chi connectivity index (χ0v) is 9.54. The average Bonchev–Trinajstić information content (AvgIpc) is 2.75. The number of carbonyl (C=O) groups is 1. The molecule has 5 heteroatoms. The van der Waals surface area contributed by atoms with E-state index in [1.54, 1.807) is 36.1 Å². The number of carboxylic acid groups (broad SMARTS) is 1. The average molecular weight is 232 g/mol. The Morgan fingerprint density at radius 3 is 2.71 bits per heavy atom. The summed E-state index contributed by atoms with van der Waals surface area (Å²) >= 11 is 0. The van der Waals surface area contributed by atoms with Gasteiger partial charge in [0.05, 0.1) is 18.4 Å². The molecule has 0 radical (unpaired) electrons. The minimum atomic E-state index is -0.996. The molecule has 0 aliphatic heterocycles. The fourth-order valence-corrected chi connectivity index (χ4v) is 1.61. The number of aryl methyl sites for hydroxylation is 1. The Hall–Kier alpha value is -2.30. The van der Waals surface area contributed by atoms with E-state index in [-0.39, 0.29) is 5.56 Å². The van der Waals surface area contributed by atoms with Crippen molar-refractivity contribution in [2.45, 2.75) is 0 Å². The number of hydrogen-bond donors (Lipinski definition) is 1. The van der Waals surface area contributed by atoms with Crippen molar-refractivity contribution in [1.82, 2.24) is 9.78 Å². The Bertz CT molecular complexity index is 561. The quantitative estimate of drug-likeness (QED) is 0.876. The van der Waals surface area contributed by atoms with Crippen LogP contribution in [-0.4, -0.2) is 28.0 Å². The number of carboxylic acids is 1. The first-order valence-corrected chi connectivity index (χ1v) is 5.03. The molecule has 0 aliphatic carbocycles. The highest BCUT2D eigenvalue weighted by Crippen LogP contribution is 2.26. The Balaban J connectivity index is 2.57. The van der Waals surface area contributed by atoms with Crippen molar-refractivity contribution < 1.29 is 14.6 Å². The summed E-state index contributed by atoms with van der Waals surface area (Å²) in [5.41, 5.74) is 1.40. The third kappa shape index (κ3) is 2.13. The van der Waals surface area contributed by atoms with Crippen LogP contribution in [0.1, 0.15) is 10.4 Å². The summed E-state index contributed by atoms with van der Waals surface area (Å²) in [6, 6.07) is 6.68. The van der Waals surface area contributed by atoms with Crippen molar-refractivity contribution in [3.05, 3.63) is 36.0 Å². The molecule has 0 aliphatic rings. The van der Waals surface area contributed by atoms with Gasteiger partial charge < -0.3 is 9.84 Å². The first-order chi connectivity index (χ1) is 8.11. The zero-order valence-electron chi connectivity index (χ0n) is 9.54. The van der Waals surface area contributed by atoms with Crippen LogP contribution in [0.3, 0.4) is 0 Å². The lowest BCUT2D eigenvalue weighted by Crippen LogP contribution is -2.01. The van der Waals surface area contributed by atoms with Crippen LogP contribution in [0.5, 0.6) is 5.75 Å². The number of nitrogens with zero attached hydrogens (tertiary/aromatic N) is 2. The summed E-state index contributed by atoms with van der Waals surface area (Å²) in [4.78, 5) is 11.2. The Morgan fingerprint density at radius 1 is 1.41 bits per heavy atom. The van der Waals surface area contributed by atoms with Crippen molar-refractivity contribution in [2.24, 2.45) is 7.05 Å². The first kappa shape index (κ1) is 11.2. The second-order valence-corrected chi connectivity index (χ2v) is 3.59. The molecule has 1 aromatic carbocycles. The van der Waals surface area contributed by atoms with Gasteiger partial charge >= 0.3 is 5.97 Å². The molecule has 0 unspecified atom stereocenters. The number of aromatic carboxylic acids is 1. The number of ether oxygens (including phenoxy) is 1. The van der Waals surface area contributed by atoms with E-state index >= 15 is 0 Å². The van der Waals surface area contributed by atoms with Gasteiger partial charge in [-0.3, -0.25) is 4.68 Å². The van der Waals surface area contributed by atoms with E-state index in [2.05, 4.69) is 5.10 Å². The van der Waals surface area contributed by atoms with E-state index < -0.39 is 5.97 Å². The Labute approximate surface area is 98.3 Å². The van der Waals surface area contributed by atoms with Gasteiger partial charge in [-0.15, -0.1) is 0 Å². The van der Waals surface area contributed by atoms with Crippen LogP contribution < -0.4 is 4.74 Å². The molecular weight excluding hydrogens is 220 g/mol. The fourth-order valence-electron chi connectivity index (χ4n) is 1.61. The molecule has 2 aromatic rings. The summed E-state index contributed by atoms with van der Waals surface area (Å²) in [7, 11) is 3.29. The lowest BCUT2D eigenvalue weighted by atomic mass is 10.0. The van der Waals surface area contributed by atoms with Gasteiger partial charge in [0.25, 0.3) is 0 Å². The van der Waals surface area contributed by atoms with Crippen LogP contribution in [0.15, 0.2) is 30.5 Å².